The third-order valence-corrected chi connectivity index (χ3v) is 10.5. The summed E-state index contributed by atoms with van der Waals surface area (Å²) in [7, 11) is 0. The van der Waals surface area contributed by atoms with Crippen molar-refractivity contribution in [3.63, 3.8) is 0 Å². The fourth-order valence-electron chi connectivity index (χ4n) is 7.54. The van der Waals surface area contributed by atoms with E-state index in [0.717, 1.165) is 119 Å². The highest BCUT2D eigenvalue weighted by molar-refractivity contribution is 6.53. The molecule has 0 fully saturated rings. The summed E-state index contributed by atoms with van der Waals surface area (Å²) >= 11 is 0. The van der Waals surface area contributed by atoms with E-state index in [-0.39, 0.29) is 0 Å². The number of aliphatic imine (C=N–C) groups is 3. The Kier molecular flexibility index (Phi) is 9.68. The van der Waals surface area contributed by atoms with E-state index in [1.807, 2.05) is 12.1 Å². The van der Waals surface area contributed by atoms with Gasteiger partial charge in [0.1, 0.15) is 0 Å². The van der Waals surface area contributed by atoms with Crippen LogP contribution in [0.4, 0.5) is 0 Å². The zero-order chi connectivity index (χ0) is 34.1. The number of nitrogens with one attached hydrogen (secondary N) is 1. The first-order chi connectivity index (χ1) is 23.2. The molecule has 0 amide bonds. The van der Waals surface area contributed by atoms with Gasteiger partial charge >= 0.3 is 0 Å². The van der Waals surface area contributed by atoms with E-state index in [1.54, 1.807) is 0 Å². The standard InChI is InChI=1S/C43H50N4O/c1-9-13-15-33-25(5)35-21-37-31(11-3)27(7)42(46-37)41(30-19-17-29(24-48)18-20-30)43-28(8)32(12-4)38(47-43)22-36-26(6)34(16-14-10-2)40(45-36)23-39(33)44-35/h17-24,44,48H,9-16H2,1-8H3. The van der Waals surface area contributed by atoms with E-state index in [0.29, 0.717) is 0 Å². The Labute approximate surface area is 286 Å². The lowest BCUT2D eigenvalue weighted by atomic mass is 9.90. The molecule has 0 saturated carbocycles. The highest BCUT2D eigenvalue weighted by Gasteiger charge is 2.31. The number of aromatic nitrogens is 1. The second-order valence-electron chi connectivity index (χ2n) is 13.4. The quantitative estimate of drug-likeness (QED) is 0.297. The van der Waals surface area contributed by atoms with E-state index in [4.69, 9.17) is 15.0 Å². The van der Waals surface area contributed by atoms with Crippen LogP contribution in [0.15, 0.2) is 95.8 Å². The van der Waals surface area contributed by atoms with Crippen molar-refractivity contribution in [3.8, 4) is 0 Å². The molecule has 248 valence electrons. The molecule has 5 nitrogen and oxygen atoms in total. The Morgan fingerprint density at radius 2 is 1.21 bits per heavy atom. The molecule has 1 aromatic carbocycles. The molecule has 8 bridgehead atoms. The Morgan fingerprint density at radius 1 is 0.646 bits per heavy atom. The van der Waals surface area contributed by atoms with Crippen molar-refractivity contribution in [2.75, 3.05) is 0 Å². The van der Waals surface area contributed by atoms with Crippen LogP contribution in [0.5, 0.6) is 0 Å². The van der Waals surface area contributed by atoms with Crippen LogP contribution in [0.1, 0.15) is 116 Å². The van der Waals surface area contributed by atoms with Crippen molar-refractivity contribution in [2.24, 2.45) is 15.0 Å². The molecule has 0 radical (unpaired) electrons. The highest BCUT2D eigenvalue weighted by Crippen LogP contribution is 2.39. The van der Waals surface area contributed by atoms with Gasteiger partial charge in [0.05, 0.1) is 40.5 Å². The average molecular weight is 639 g/mol. The summed E-state index contributed by atoms with van der Waals surface area (Å²) in [6, 6.07) is 8.06. The van der Waals surface area contributed by atoms with Gasteiger partial charge in [-0.15, -0.1) is 0 Å². The van der Waals surface area contributed by atoms with Crippen molar-refractivity contribution in [1.29, 1.82) is 0 Å². The number of fused-ring (bicyclic) bond motifs is 5. The topological polar surface area (TPSA) is 73.1 Å². The molecule has 0 unspecified atom stereocenters. The van der Waals surface area contributed by atoms with Gasteiger partial charge in [-0.1, -0.05) is 64.8 Å². The monoisotopic (exact) mass is 638 g/mol. The van der Waals surface area contributed by atoms with Gasteiger partial charge in [0.15, 0.2) is 0 Å². The maximum absolute atomic E-state index is 9.70. The normalized spacial score (nSPS) is 17.5. The molecule has 4 aliphatic heterocycles. The summed E-state index contributed by atoms with van der Waals surface area (Å²) in [5.74, 6) is 0. The Bertz CT molecular complexity index is 2070. The van der Waals surface area contributed by atoms with E-state index in [1.165, 1.54) is 44.6 Å². The number of H-pyrrole nitrogens is 1. The number of aliphatic hydroxyl groups excluding tert-OH is 1. The Morgan fingerprint density at radius 3 is 1.79 bits per heavy atom. The minimum Gasteiger partial charge on any atom is -0.515 e. The van der Waals surface area contributed by atoms with Gasteiger partial charge in [-0.05, 0) is 134 Å². The molecule has 48 heavy (non-hydrogen) atoms. The minimum absolute atomic E-state index is 0.764. The molecular formula is C43H50N4O. The predicted octanol–water partition coefficient (Wildman–Crippen LogP) is 9.72. The molecule has 5 heteroatoms. The fraction of sp³-hybridized carbons (Fsp3) is 0.372. The summed E-state index contributed by atoms with van der Waals surface area (Å²) in [5.41, 5.74) is 19.4. The number of hydrogen-bond acceptors (Lipinski definition) is 4. The maximum Gasteiger partial charge on any atom is 0.0864 e. The Balaban J connectivity index is 1.72. The summed E-state index contributed by atoms with van der Waals surface area (Å²) in [5, 5.41) is 11.5. The van der Waals surface area contributed by atoms with Crippen LogP contribution >= 0.6 is 0 Å². The molecule has 2 aromatic rings. The van der Waals surface area contributed by atoms with Crippen LogP contribution < -0.4 is 10.4 Å². The largest absolute Gasteiger partial charge is 0.515 e. The first-order valence-corrected chi connectivity index (χ1v) is 17.9. The molecule has 0 spiro atoms. The van der Waals surface area contributed by atoms with Gasteiger partial charge in [-0.3, -0.25) is 0 Å². The lowest BCUT2D eigenvalue weighted by molar-refractivity contribution is 0.540. The maximum atomic E-state index is 9.70. The van der Waals surface area contributed by atoms with Crippen molar-refractivity contribution >= 4 is 41.1 Å². The third kappa shape index (κ3) is 5.89. The molecule has 2 N–H and O–H groups in total. The van der Waals surface area contributed by atoms with Crippen LogP contribution in [-0.4, -0.2) is 27.2 Å². The van der Waals surface area contributed by atoms with Crippen LogP contribution in [0.25, 0.3) is 24.0 Å². The number of hydrogen-bond donors (Lipinski definition) is 2. The molecule has 0 aliphatic carbocycles. The number of unbranched alkanes of at least 4 members (excludes halogenated alkanes) is 2. The second kappa shape index (κ2) is 13.9. The molecule has 4 aliphatic rings. The fourth-order valence-corrected chi connectivity index (χ4v) is 7.54. The summed E-state index contributed by atoms with van der Waals surface area (Å²) in [4.78, 5) is 20.0. The third-order valence-electron chi connectivity index (χ3n) is 10.5. The second-order valence-corrected chi connectivity index (χ2v) is 13.4. The summed E-state index contributed by atoms with van der Waals surface area (Å²) < 4.78 is 0. The van der Waals surface area contributed by atoms with E-state index < -0.39 is 0 Å². The van der Waals surface area contributed by atoms with Gasteiger partial charge in [-0.25, -0.2) is 15.0 Å². The van der Waals surface area contributed by atoms with Crippen molar-refractivity contribution < 1.29 is 5.11 Å². The zero-order valence-electron chi connectivity index (χ0n) is 30.1. The van der Waals surface area contributed by atoms with E-state index in [2.05, 4.69) is 90.7 Å². The van der Waals surface area contributed by atoms with Gasteiger partial charge in [0.2, 0.25) is 0 Å². The van der Waals surface area contributed by atoms with Gasteiger partial charge in [0, 0.05) is 22.2 Å². The number of rotatable bonds is 8. The number of aromatic amines is 1. The van der Waals surface area contributed by atoms with Gasteiger partial charge < -0.3 is 10.1 Å². The SMILES string of the molecule is CCCCC1=C(C)C2=NC1=Cc1[nH]c(c(C)c1CCCC)C=C1N=C(C(C)=C1CC)C(=c1ccc(=CO)cc1)C1=NC(=C2)C(CC)=C1C. The van der Waals surface area contributed by atoms with Gasteiger partial charge in [0.25, 0.3) is 0 Å². The van der Waals surface area contributed by atoms with Crippen LogP contribution in [0.2, 0.25) is 0 Å². The number of aliphatic hydroxyl groups is 1. The highest BCUT2D eigenvalue weighted by atomic mass is 16.2. The van der Waals surface area contributed by atoms with Crippen molar-refractivity contribution in [3.05, 3.63) is 114 Å². The molecule has 0 saturated heterocycles. The Hall–Kier alpha value is -4.51. The average Bonchev–Trinajstić information content (AvgIpc) is 3.76. The summed E-state index contributed by atoms with van der Waals surface area (Å²) in [6.07, 6.45) is 16.3. The minimum atomic E-state index is 0.764. The first-order valence-electron chi connectivity index (χ1n) is 17.9. The zero-order valence-corrected chi connectivity index (χ0v) is 30.1. The predicted molar refractivity (Wildman–Crippen MR) is 205 cm³/mol. The molecule has 0 atom stereocenters. The molecule has 6 rings (SSSR count). The molecule has 5 heterocycles. The van der Waals surface area contributed by atoms with E-state index >= 15 is 0 Å². The van der Waals surface area contributed by atoms with E-state index in [9.17, 15) is 5.11 Å². The number of allylic oxidation sites excluding steroid dienone is 7. The van der Waals surface area contributed by atoms with Crippen LogP contribution in [-0.2, 0) is 6.42 Å². The van der Waals surface area contributed by atoms with Crippen molar-refractivity contribution in [2.45, 2.75) is 107 Å². The lowest BCUT2D eigenvalue weighted by Crippen LogP contribution is -2.22. The number of benzene rings is 1. The molecular weight excluding hydrogens is 589 g/mol. The molecule has 1 aromatic heterocycles. The number of nitrogens with zero attached hydrogens (tertiary/aromatic N) is 3. The first kappa shape index (κ1) is 33.4. The smallest absolute Gasteiger partial charge is 0.0864 e. The van der Waals surface area contributed by atoms with Crippen LogP contribution in [0, 0.1) is 6.92 Å². The van der Waals surface area contributed by atoms with Gasteiger partial charge in [-0.2, -0.15) is 0 Å². The summed E-state index contributed by atoms with van der Waals surface area (Å²) in [6.45, 7) is 17.9. The van der Waals surface area contributed by atoms with Crippen LogP contribution in [0.3, 0.4) is 0 Å². The van der Waals surface area contributed by atoms with Crippen molar-refractivity contribution in [1.82, 2.24) is 4.98 Å². The lowest BCUT2D eigenvalue weighted by Gasteiger charge is -2.12.